The van der Waals surface area contributed by atoms with Crippen LogP contribution in [0.15, 0.2) is 12.2 Å². The van der Waals surface area contributed by atoms with E-state index in [1.54, 1.807) is 0 Å². The largest absolute Gasteiger partial charge is 2.00 e. The minimum Gasteiger partial charge on any atom is -0.550 e. The molecule has 0 aromatic rings. The summed E-state index contributed by atoms with van der Waals surface area (Å²) >= 11 is 0. The molecule has 0 heterocycles. The number of hydrogen-bond acceptors (Lipinski definition) is 4. The van der Waals surface area contributed by atoms with Crippen molar-refractivity contribution in [2.75, 3.05) is 0 Å². The molecule has 0 spiro atoms. The number of carboxylic acids is 2. The number of hydrogen-bond donors (Lipinski definition) is 0. The van der Waals surface area contributed by atoms with Crippen molar-refractivity contribution in [2.24, 2.45) is 0 Å². The van der Waals surface area contributed by atoms with Gasteiger partial charge in [-0.3, -0.25) is 0 Å². The molecule has 5 heteroatoms. The van der Waals surface area contributed by atoms with Crippen LogP contribution in [0.5, 0.6) is 0 Å². The molecular weight excluding hydrogens is 320 g/mol. The number of unbranched alkanes of at least 4 members (excludes halogenated alkanes) is 9. The average molecular weight is 346 g/mol. The number of carbonyl (C=O) groups is 2. The van der Waals surface area contributed by atoms with Crippen molar-refractivity contribution in [3.63, 3.8) is 0 Å². The summed E-state index contributed by atoms with van der Waals surface area (Å²) in [5.41, 5.74) is 0.196. The molecule has 0 unspecified atom stereocenters. The average Bonchev–Trinajstić information content (AvgIpc) is 2.39. The van der Waals surface area contributed by atoms with Crippen LogP contribution in [0.1, 0.15) is 77.0 Å². The molecule has 0 bridgehead atoms. The fourth-order valence-electron chi connectivity index (χ4n) is 2.12. The minimum absolute atomic E-state index is 0. The van der Waals surface area contributed by atoms with Gasteiger partial charge in [-0.2, -0.15) is 0 Å². The maximum Gasteiger partial charge on any atom is 2.00 e. The first-order chi connectivity index (χ1) is 9.54. The van der Waals surface area contributed by atoms with E-state index < -0.39 is 11.9 Å². The van der Waals surface area contributed by atoms with Crippen LogP contribution in [0.3, 0.4) is 0 Å². The van der Waals surface area contributed by atoms with Gasteiger partial charge >= 0.3 is 17.1 Å². The van der Waals surface area contributed by atoms with Gasteiger partial charge in [-0.05, 0) is 31.3 Å². The molecule has 1 radical (unpaired) electrons. The molecule has 0 saturated heterocycles. The summed E-state index contributed by atoms with van der Waals surface area (Å²) in [4.78, 5) is 20.6. The van der Waals surface area contributed by atoms with Gasteiger partial charge in [-0.1, -0.05) is 57.9 Å². The smallest absolute Gasteiger partial charge is 0.550 e. The van der Waals surface area contributed by atoms with Gasteiger partial charge in [0.1, 0.15) is 0 Å². The zero-order chi connectivity index (χ0) is 15.2. The third-order valence-electron chi connectivity index (χ3n) is 3.40. The van der Waals surface area contributed by atoms with Crippen molar-refractivity contribution in [3.8, 4) is 0 Å². The Kier molecular flexibility index (Phi) is 16.7. The maximum absolute atomic E-state index is 10.4. The van der Waals surface area contributed by atoms with E-state index in [-0.39, 0.29) is 29.1 Å². The molecule has 0 aliphatic rings. The van der Waals surface area contributed by atoms with Gasteiger partial charge in [0.15, 0.2) is 0 Å². The van der Waals surface area contributed by atoms with Crippen LogP contribution in [0, 0.1) is 0 Å². The standard InChI is InChI=1S/C16H28O4.Cu/c1-14(16(19)20)12-10-8-6-4-2-3-5-7-9-11-13-15(17)18;/h1-13H2,(H,17,18)(H,19,20);/q;+2/p-2. The number of carboxylic acid groups (broad SMARTS) is 2. The summed E-state index contributed by atoms with van der Waals surface area (Å²) in [6.07, 6.45) is 11.3. The Balaban J connectivity index is 0. The topological polar surface area (TPSA) is 80.3 Å². The fraction of sp³-hybridized carbons (Fsp3) is 0.750. The molecule has 125 valence electrons. The van der Waals surface area contributed by atoms with Gasteiger partial charge in [-0.15, -0.1) is 0 Å². The minimum atomic E-state index is -1.14. The van der Waals surface area contributed by atoms with Crippen LogP contribution in [-0.4, -0.2) is 11.9 Å². The first-order valence-electron chi connectivity index (χ1n) is 7.63. The van der Waals surface area contributed by atoms with Crippen LogP contribution in [-0.2, 0) is 26.7 Å². The van der Waals surface area contributed by atoms with E-state index in [1.165, 1.54) is 19.3 Å². The predicted molar refractivity (Wildman–Crippen MR) is 74.6 cm³/mol. The third-order valence-corrected chi connectivity index (χ3v) is 3.40. The van der Waals surface area contributed by atoms with Gasteiger partial charge < -0.3 is 19.8 Å². The zero-order valence-electron chi connectivity index (χ0n) is 12.6. The van der Waals surface area contributed by atoms with Crippen molar-refractivity contribution >= 4 is 11.9 Å². The van der Waals surface area contributed by atoms with Gasteiger partial charge in [0.2, 0.25) is 0 Å². The van der Waals surface area contributed by atoms with E-state index in [4.69, 9.17) is 0 Å². The van der Waals surface area contributed by atoms with Gasteiger partial charge in [0, 0.05) is 5.97 Å². The summed E-state index contributed by atoms with van der Waals surface area (Å²) in [6, 6.07) is 0. The van der Waals surface area contributed by atoms with Gasteiger partial charge in [0.05, 0.1) is 5.97 Å². The molecule has 0 amide bonds. The molecule has 0 aliphatic heterocycles. The molecule has 0 N–H and O–H groups in total. The Bertz CT molecular complexity index is 303. The SMILES string of the molecule is C=C(CCCCCCCCCCCCC(=O)[O-])C(=O)[O-].[Cu+2]. The number of carbonyl (C=O) groups excluding carboxylic acids is 2. The van der Waals surface area contributed by atoms with Crippen molar-refractivity contribution < 1.29 is 36.9 Å². The Hall–Kier alpha value is -0.801. The van der Waals surface area contributed by atoms with Crippen LogP contribution in [0.2, 0.25) is 0 Å². The molecule has 4 nitrogen and oxygen atoms in total. The summed E-state index contributed by atoms with van der Waals surface area (Å²) in [5, 5.41) is 20.6. The fourth-order valence-corrected chi connectivity index (χ4v) is 2.12. The van der Waals surface area contributed by atoms with E-state index >= 15 is 0 Å². The van der Waals surface area contributed by atoms with Crippen molar-refractivity contribution in [1.29, 1.82) is 0 Å². The summed E-state index contributed by atoms with van der Waals surface area (Å²) in [5.74, 6) is -2.09. The summed E-state index contributed by atoms with van der Waals surface area (Å²) in [6.45, 7) is 3.45. The zero-order valence-corrected chi connectivity index (χ0v) is 13.6. The van der Waals surface area contributed by atoms with E-state index in [9.17, 15) is 19.8 Å². The number of rotatable bonds is 14. The van der Waals surface area contributed by atoms with E-state index in [2.05, 4.69) is 6.58 Å². The molecule has 0 aromatic heterocycles. The van der Waals surface area contributed by atoms with Crippen LogP contribution >= 0.6 is 0 Å². The molecule has 0 saturated carbocycles. The van der Waals surface area contributed by atoms with Gasteiger partial charge in [-0.25, -0.2) is 0 Å². The Labute approximate surface area is 138 Å². The molecule has 0 aliphatic carbocycles. The predicted octanol–water partition coefficient (Wildman–Crippen LogP) is 1.72. The second kappa shape index (κ2) is 15.6. The van der Waals surface area contributed by atoms with Crippen molar-refractivity contribution in [3.05, 3.63) is 12.2 Å². The third kappa shape index (κ3) is 17.1. The molecular formula is C16H26CuO4. The molecule has 0 rings (SSSR count). The van der Waals surface area contributed by atoms with Crippen LogP contribution in [0.4, 0.5) is 0 Å². The first-order valence-corrected chi connectivity index (χ1v) is 7.63. The second-order valence-electron chi connectivity index (χ2n) is 5.30. The Morgan fingerprint density at radius 3 is 1.33 bits per heavy atom. The van der Waals surface area contributed by atoms with Crippen LogP contribution in [0.25, 0.3) is 0 Å². The Morgan fingerprint density at radius 2 is 1.00 bits per heavy atom. The maximum atomic E-state index is 10.4. The second-order valence-corrected chi connectivity index (χ2v) is 5.30. The van der Waals surface area contributed by atoms with Gasteiger partial charge in [0.25, 0.3) is 0 Å². The van der Waals surface area contributed by atoms with E-state index in [0.717, 1.165) is 44.9 Å². The number of aliphatic carboxylic acids is 2. The van der Waals surface area contributed by atoms with Crippen molar-refractivity contribution in [2.45, 2.75) is 77.0 Å². The van der Waals surface area contributed by atoms with E-state index in [0.29, 0.717) is 6.42 Å². The molecule has 0 fully saturated rings. The summed E-state index contributed by atoms with van der Waals surface area (Å²) in [7, 11) is 0. The molecule has 0 atom stereocenters. The monoisotopic (exact) mass is 345 g/mol. The van der Waals surface area contributed by atoms with Crippen molar-refractivity contribution in [1.82, 2.24) is 0 Å². The van der Waals surface area contributed by atoms with E-state index in [1.807, 2.05) is 0 Å². The molecule has 21 heavy (non-hydrogen) atoms. The Morgan fingerprint density at radius 1 is 0.667 bits per heavy atom. The first kappa shape index (κ1) is 22.5. The summed E-state index contributed by atoms with van der Waals surface area (Å²) < 4.78 is 0. The molecule has 0 aromatic carbocycles. The quantitative estimate of drug-likeness (QED) is 0.273. The normalized spacial score (nSPS) is 9.90. The van der Waals surface area contributed by atoms with Crippen LogP contribution < -0.4 is 10.2 Å².